The van der Waals surface area contributed by atoms with Crippen LogP contribution in [0.4, 0.5) is 0 Å². The molecule has 0 saturated carbocycles. The number of nitroso groups, excluding NO2 is 1. The van der Waals surface area contributed by atoms with Gasteiger partial charge in [0.05, 0.1) is 4.75 Å². The molecule has 1 aliphatic rings. The minimum absolute atomic E-state index is 0.197. The van der Waals surface area contributed by atoms with E-state index in [0.29, 0.717) is 32.4 Å². The van der Waals surface area contributed by atoms with E-state index in [-0.39, 0.29) is 12.3 Å². The molecule has 1 aromatic rings. The molecule has 136 valence electrons. The van der Waals surface area contributed by atoms with Gasteiger partial charge in [0.1, 0.15) is 6.04 Å². The summed E-state index contributed by atoms with van der Waals surface area (Å²) in [6.45, 7) is 1.32. The summed E-state index contributed by atoms with van der Waals surface area (Å²) in [4.78, 5) is 37.0. The van der Waals surface area contributed by atoms with Crippen molar-refractivity contribution in [3.63, 3.8) is 0 Å². The van der Waals surface area contributed by atoms with Gasteiger partial charge in [-0.25, -0.2) is 4.79 Å². The first-order chi connectivity index (χ1) is 12.0. The lowest BCUT2D eigenvalue weighted by Crippen LogP contribution is -2.58. The van der Waals surface area contributed by atoms with Crippen molar-refractivity contribution in [2.24, 2.45) is 4.58 Å². The lowest BCUT2D eigenvalue weighted by Gasteiger charge is -2.41. The van der Waals surface area contributed by atoms with Crippen molar-refractivity contribution in [3.05, 3.63) is 40.8 Å². The Morgan fingerprint density at radius 2 is 1.96 bits per heavy atom. The predicted octanol–water partition coefficient (Wildman–Crippen LogP) is 2.07. The van der Waals surface area contributed by atoms with Crippen LogP contribution in [0, 0.1) is 4.91 Å². The number of aryl methyl sites for hydroxylation is 1. The van der Waals surface area contributed by atoms with Crippen LogP contribution in [0.3, 0.4) is 0 Å². The molecular formula is C17H23N3O4S. The summed E-state index contributed by atoms with van der Waals surface area (Å²) >= 11 is 0.742. The van der Waals surface area contributed by atoms with Crippen molar-refractivity contribution in [1.82, 2.24) is 10.2 Å². The molecular weight excluding hydrogens is 342 g/mol. The largest absolute Gasteiger partial charge is 0.480 e. The Labute approximate surface area is 151 Å². The average molecular weight is 365 g/mol. The smallest absolute Gasteiger partial charge is 0.327 e. The molecule has 1 aliphatic heterocycles. The third kappa shape index (κ3) is 5.27. The van der Waals surface area contributed by atoms with E-state index in [4.69, 9.17) is 0 Å². The fourth-order valence-electron chi connectivity index (χ4n) is 3.06. The highest BCUT2D eigenvalue weighted by Crippen LogP contribution is 2.39. The second-order valence-corrected chi connectivity index (χ2v) is 7.50. The zero-order chi connectivity index (χ0) is 18.3. The van der Waals surface area contributed by atoms with Gasteiger partial charge in [0.2, 0.25) is 5.91 Å². The minimum Gasteiger partial charge on any atom is -0.480 e. The first-order valence-electron chi connectivity index (χ1n) is 8.22. The number of carbonyl (C=O) groups is 2. The van der Waals surface area contributed by atoms with E-state index >= 15 is 0 Å². The van der Waals surface area contributed by atoms with E-state index in [2.05, 4.69) is 14.8 Å². The van der Waals surface area contributed by atoms with Gasteiger partial charge in [-0.05, 0) is 45.0 Å². The highest BCUT2D eigenvalue weighted by molar-refractivity contribution is 7.99. The Morgan fingerprint density at radius 1 is 1.32 bits per heavy atom. The van der Waals surface area contributed by atoms with Crippen LogP contribution in [0.1, 0.15) is 24.8 Å². The van der Waals surface area contributed by atoms with E-state index in [9.17, 15) is 19.6 Å². The fourth-order valence-corrected chi connectivity index (χ4v) is 3.84. The van der Waals surface area contributed by atoms with Crippen LogP contribution in [-0.2, 0) is 16.0 Å². The summed E-state index contributed by atoms with van der Waals surface area (Å²) in [6.07, 6.45) is 1.70. The number of hydrogen-bond acceptors (Lipinski definition) is 6. The standard InChI is InChI=1S/C17H23N3O4S/c1-20-11-9-17(10-12-20,25-19-24)15(16(22)23)18-14(21)8-7-13-5-3-2-4-6-13/h2-6,15H,7-12H2,1H3,(H,18,21)(H,22,23). The molecule has 0 aliphatic carbocycles. The maximum Gasteiger partial charge on any atom is 0.327 e. The molecule has 1 amide bonds. The third-order valence-electron chi connectivity index (χ3n) is 4.61. The van der Waals surface area contributed by atoms with Crippen molar-refractivity contribution in [2.45, 2.75) is 36.5 Å². The van der Waals surface area contributed by atoms with Crippen LogP contribution >= 0.6 is 11.9 Å². The maximum absolute atomic E-state index is 12.3. The van der Waals surface area contributed by atoms with Gasteiger partial charge in [-0.15, -0.1) is 4.91 Å². The molecule has 0 bridgehead atoms. The van der Waals surface area contributed by atoms with Gasteiger partial charge in [-0.3, -0.25) is 4.79 Å². The number of piperidine rings is 1. The predicted molar refractivity (Wildman–Crippen MR) is 97.2 cm³/mol. The highest BCUT2D eigenvalue weighted by atomic mass is 32.2. The zero-order valence-corrected chi connectivity index (χ0v) is 15.0. The number of benzene rings is 1. The van der Waals surface area contributed by atoms with Crippen molar-refractivity contribution >= 4 is 23.8 Å². The van der Waals surface area contributed by atoms with E-state index in [1.54, 1.807) is 0 Å². The number of hydrogen-bond donors (Lipinski definition) is 2. The number of rotatable bonds is 8. The third-order valence-corrected chi connectivity index (χ3v) is 5.70. The Kier molecular flexibility index (Phi) is 6.95. The van der Waals surface area contributed by atoms with Crippen LogP contribution < -0.4 is 5.32 Å². The SMILES string of the molecule is CN1CCC(SN=O)(C(NC(=O)CCc2ccccc2)C(=O)O)CC1. The second kappa shape index (κ2) is 8.96. The van der Waals surface area contributed by atoms with Crippen LogP contribution in [-0.4, -0.2) is 52.8 Å². The van der Waals surface area contributed by atoms with Gasteiger partial charge in [0, 0.05) is 23.0 Å². The van der Waals surface area contributed by atoms with E-state index in [1.165, 1.54) is 0 Å². The van der Waals surface area contributed by atoms with Crippen molar-refractivity contribution in [3.8, 4) is 0 Å². The topological polar surface area (TPSA) is 99.1 Å². The molecule has 1 aromatic carbocycles. The second-order valence-electron chi connectivity index (χ2n) is 6.36. The molecule has 8 heteroatoms. The average Bonchev–Trinajstić information content (AvgIpc) is 2.61. The number of carboxylic acid groups (broad SMARTS) is 1. The molecule has 1 unspecified atom stereocenters. The fraction of sp³-hybridized carbons (Fsp3) is 0.529. The van der Waals surface area contributed by atoms with E-state index in [0.717, 1.165) is 17.5 Å². The van der Waals surface area contributed by atoms with Crippen molar-refractivity contribution in [2.75, 3.05) is 20.1 Å². The molecule has 1 saturated heterocycles. The highest BCUT2D eigenvalue weighted by Gasteiger charge is 2.47. The Bertz CT molecular complexity index is 603. The molecule has 1 fully saturated rings. The molecule has 0 spiro atoms. The normalized spacial score (nSPS) is 18.3. The number of aliphatic carboxylic acids is 1. The lowest BCUT2D eigenvalue weighted by molar-refractivity contribution is -0.143. The van der Waals surface area contributed by atoms with Gasteiger partial charge < -0.3 is 15.3 Å². The first-order valence-corrected chi connectivity index (χ1v) is 9.00. The van der Waals surface area contributed by atoms with Crippen molar-refractivity contribution < 1.29 is 14.7 Å². The monoisotopic (exact) mass is 365 g/mol. The summed E-state index contributed by atoms with van der Waals surface area (Å²) in [7, 11) is 1.94. The zero-order valence-electron chi connectivity index (χ0n) is 14.2. The van der Waals surface area contributed by atoms with E-state index in [1.807, 2.05) is 37.4 Å². The summed E-state index contributed by atoms with van der Waals surface area (Å²) < 4.78 is 1.99. The van der Waals surface area contributed by atoms with E-state index < -0.39 is 16.8 Å². The molecule has 0 radical (unpaired) electrons. The maximum atomic E-state index is 12.3. The van der Waals surface area contributed by atoms with Crippen LogP contribution in [0.15, 0.2) is 34.9 Å². The van der Waals surface area contributed by atoms with Crippen LogP contribution in [0.2, 0.25) is 0 Å². The molecule has 2 rings (SSSR count). The Balaban J connectivity index is 2.04. The van der Waals surface area contributed by atoms with Crippen LogP contribution in [0.5, 0.6) is 0 Å². The Morgan fingerprint density at radius 3 is 2.52 bits per heavy atom. The summed E-state index contributed by atoms with van der Waals surface area (Å²) in [5.41, 5.74) is 1.02. The van der Waals surface area contributed by atoms with Crippen molar-refractivity contribution in [1.29, 1.82) is 0 Å². The number of amides is 1. The summed E-state index contributed by atoms with van der Waals surface area (Å²) in [6, 6.07) is 8.41. The quantitative estimate of drug-likeness (QED) is 0.540. The molecule has 1 heterocycles. The lowest BCUT2D eigenvalue weighted by atomic mass is 9.88. The number of carboxylic acids is 1. The van der Waals surface area contributed by atoms with Gasteiger partial charge in [-0.1, -0.05) is 30.3 Å². The van der Waals surface area contributed by atoms with Gasteiger partial charge in [0.25, 0.3) is 0 Å². The van der Waals surface area contributed by atoms with Gasteiger partial charge in [0.15, 0.2) is 0 Å². The number of nitrogens with zero attached hydrogens (tertiary/aromatic N) is 2. The molecule has 2 N–H and O–H groups in total. The van der Waals surface area contributed by atoms with Gasteiger partial charge in [-0.2, -0.15) is 0 Å². The summed E-state index contributed by atoms with van der Waals surface area (Å²) in [5, 5.41) is 12.3. The molecule has 25 heavy (non-hydrogen) atoms. The Hall–Kier alpha value is -1.93. The minimum atomic E-state index is -1.13. The van der Waals surface area contributed by atoms with Gasteiger partial charge >= 0.3 is 5.97 Å². The number of likely N-dealkylation sites (tertiary alicyclic amines) is 1. The molecule has 7 nitrogen and oxygen atoms in total. The number of carbonyl (C=O) groups excluding carboxylic acids is 1. The first kappa shape index (κ1) is 19.4. The summed E-state index contributed by atoms with van der Waals surface area (Å²) in [5.74, 6) is -1.46. The molecule has 0 aromatic heterocycles. The van der Waals surface area contributed by atoms with Crippen LogP contribution in [0.25, 0.3) is 0 Å². The number of nitrogens with one attached hydrogen (secondary N) is 1. The molecule has 1 atom stereocenters.